The minimum Gasteiger partial charge on any atom is -0.0472 e. The Morgan fingerprint density at radius 3 is 1.67 bits per heavy atom. The van der Waals surface area contributed by atoms with Gasteiger partial charge in [-0.25, -0.2) is 0 Å². The van der Waals surface area contributed by atoms with Crippen LogP contribution in [0.5, 0.6) is 0 Å². The maximum Gasteiger partial charge on any atom is 0.166 e. The molecule has 0 N–H and O–H groups in total. The lowest BCUT2D eigenvalue weighted by atomic mass is 9.56. The van der Waals surface area contributed by atoms with Gasteiger partial charge in [-0.05, 0) is 56.3 Å². The zero-order chi connectivity index (χ0) is 8.18. The second kappa shape index (κ2) is 2.51. The molecule has 0 aromatic heterocycles. The summed E-state index contributed by atoms with van der Waals surface area (Å²) in [6.45, 7) is 0. The monoisotopic (exact) mass is 199 g/mol. The molecule has 0 amide bonds. The fourth-order valence-electron chi connectivity index (χ4n) is 4.24. The molecule has 4 aliphatic rings. The molecule has 0 aliphatic heterocycles. The van der Waals surface area contributed by atoms with Crippen LogP contribution in [0.4, 0.5) is 0 Å². The zero-order valence-corrected chi connectivity index (χ0v) is 9.20. The average Bonchev–Trinajstić information content (AvgIpc) is 2.02. The molecule has 0 aromatic rings. The van der Waals surface area contributed by atoms with E-state index in [1.54, 1.807) is 19.3 Å². The molecule has 4 rings (SSSR count). The Bertz CT molecular complexity index is 189. The van der Waals surface area contributed by atoms with Crippen LogP contribution in [-0.4, -0.2) is 5.16 Å². The smallest absolute Gasteiger partial charge is 0.0472 e. The highest BCUT2D eigenvalue weighted by molar-refractivity contribution is 7.97. The molecule has 12 heavy (non-hydrogen) atoms. The third-order valence-corrected chi connectivity index (χ3v) is 6.60. The lowest BCUT2D eigenvalue weighted by molar-refractivity contribution is 0.0377. The van der Waals surface area contributed by atoms with E-state index in [0.29, 0.717) is 5.16 Å². The molecule has 4 bridgehead atoms. The van der Waals surface area contributed by atoms with Crippen LogP contribution >= 0.6 is 7.36 Å². The second-order valence-electron chi connectivity index (χ2n) is 5.30. The molecule has 0 nitrogen and oxygen atoms in total. The van der Waals surface area contributed by atoms with Crippen LogP contribution in [0.2, 0.25) is 0 Å². The van der Waals surface area contributed by atoms with Crippen LogP contribution in [0.15, 0.2) is 0 Å². The topological polar surface area (TPSA) is 0 Å². The van der Waals surface area contributed by atoms with E-state index in [0.717, 1.165) is 25.1 Å². The first-order valence-corrected chi connectivity index (χ1v) is 7.32. The van der Waals surface area contributed by atoms with Gasteiger partial charge >= 0.3 is 0 Å². The molecule has 66 valence electrons. The third-order valence-electron chi connectivity index (χ3n) is 4.25. The van der Waals surface area contributed by atoms with Crippen molar-refractivity contribution in [3.05, 3.63) is 0 Å². The summed E-state index contributed by atoms with van der Waals surface area (Å²) in [5, 5.41) is 0.685. The van der Waals surface area contributed by atoms with E-state index in [1.807, 2.05) is 0 Å². The van der Waals surface area contributed by atoms with Crippen molar-refractivity contribution in [3.63, 3.8) is 0 Å². The molecular weight excluding hydrogens is 183 g/mol. The molecule has 0 aromatic carbocycles. The number of hydrogen-bond acceptors (Lipinski definition) is 1. The summed E-state index contributed by atoms with van der Waals surface area (Å²) in [6.07, 6.45) is 9.17. The number of hydrogen-bond donors (Lipinski definition) is 0. The van der Waals surface area contributed by atoms with Gasteiger partial charge in [-0.3, -0.25) is 0 Å². The van der Waals surface area contributed by atoms with Gasteiger partial charge in [0.1, 0.15) is 5.16 Å². The summed E-state index contributed by atoms with van der Waals surface area (Å²) in [5.41, 5.74) is 0. The zero-order valence-electron chi connectivity index (χ0n) is 7.38. The van der Waals surface area contributed by atoms with Gasteiger partial charge in [-0.1, -0.05) is 0 Å². The van der Waals surface area contributed by atoms with Gasteiger partial charge in [-0.2, -0.15) is 0 Å². The van der Waals surface area contributed by atoms with Crippen molar-refractivity contribution >= 4 is 19.2 Å². The Morgan fingerprint density at radius 1 is 0.917 bits per heavy atom. The predicted molar refractivity (Wildman–Crippen MR) is 56.6 cm³/mol. The fourth-order valence-corrected chi connectivity index (χ4v) is 6.10. The summed E-state index contributed by atoms with van der Waals surface area (Å²) >= 11 is 5.37. The molecule has 4 fully saturated rings. The van der Waals surface area contributed by atoms with Crippen molar-refractivity contribution in [1.82, 2.24) is 0 Å². The summed E-state index contributed by atoms with van der Waals surface area (Å²) in [7, 11) is 0.814. The highest BCUT2D eigenvalue weighted by Gasteiger charge is 2.54. The van der Waals surface area contributed by atoms with E-state index in [4.69, 9.17) is 11.8 Å². The molecule has 4 aliphatic carbocycles. The maximum atomic E-state index is 5.37. The van der Waals surface area contributed by atoms with Crippen molar-refractivity contribution in [1.29, 1.82) is 0 Å². The Hall–Kier alpha value is 0.520. The molecule has 0 heterocycles. The molecule has 2 heteroatoms. The maximum absolute atomic E-state index is 5.37. The lowest BCUT2D eigenvalue weighted by Crippen LogP contribution is -2.47. The first-order chi connectivity index (χ1) is 5.80. The minimum absolute atomic E-state index is 0.685. The van der Waals surface area contributed by atoms with E-state index in [2.05, 4.69) is 0 Å². The van der Waals surface area contributed by atoms with Gasteiger partial charge in [0, 0.05) is 0 Å². The molecule has 0 spiro atoms. The van der Waals surface area contributed by atoms with E-state index < -0.39 is 0 Å². The van der Waals surface area contributed by atoms with Crippen LogP contribution in [0.3, 0.4) is 0 Å². The van der Waals surface area contributed by atoms with Crippen molar-refractivity contribution in [2.45, 2.75) is 43.7 Å². The lowest BCUT2D eigenvalue weighted by Gasteiger charge is -2.51. The fraction of sp³-hybridized carbons (Fsp3) is 1.00. The first kappa shape index (κ1) is 7.88. The summed E-state index contributed by atoms with van der Waals surface area (Å²) in [5.74, 6) is 3.27. The third kappa shape index (κ3) is 1.02. The van der Waals surface area contributed by atoms with Crippen molar-refractivity contribution in [2.24, 2.45) is 17.8 Å². The second-order valence-corrected chi connectivity index (χ2v) is 7.18. The van der Waals surface area contributed by atoms with Gasteiger partial charge in [0.05, 0.1) is 0 Å². The van der Waals surface area contributed by atoms with Crippen molar-refractivity contribution in [2.75, 3.05) is 0 Å². The van der Waals surface area contributed by atoms with Crippen LogP contribution in [-0.2, 0) is 11.8 Å². The standard InChI is InChI=1S/C10H15PS/c12-11-10-4-7-1-8(5-10)3-9(2-7)6-10/h7-9H,1-6H2/p+1. The molecule has 1 atom stereocenters. The minimum atomic E-state index is 0.685. The van der Waals surface area contributed by atoms with Crippen molar-refractivity contribution in [3.8, 4) is 0 Å². The van der Waals surface area contributed by atoms with Gasteiger partial charge in [-0.15, -0.1) is 0 Å². The Morgan fingerprint density at radius 2 is 1.33 bits per heavy atom. The molecule has 1 unspecified atom stereocenters. The molecule has 4 saturated carbocycles. The van der Waals surface area contributed by atoms with Gasteiger partial charge < -0.3 is 0 Å². The molecular formula is C10H16PS+. The Labute approximate surface area is 81.0 Å². The van der Waals surface area contributed by atoms with E-state index in [-0.39, 0.29) is 0 Å². The van der Waals surface area contributed by atoms with E-state index in [1.165, 1.54) is 19.3 Å². The van der Waals surface area contributed by atoms with Gasteiger partial charge in [0.15, 0.2) is 19.2 Å². The average molecular weight is 199 g/mol. The largest absolute Gasteiger partial charge is 0.166 e. The highest BCUT2D eigenvalue weighted by Crippen LogP contribution is 2.60. The van der Waals surface area contributed by atoms with Gasteiger partial charge in [0.2, 0.25) is 0 Å². The van der Waals surface area contributed by atoms with Crippen LogP contribution in [0, 0.1) is 17.8 Å². The Balaban J connectivity index is 1.95. The van der Waals surface area contributed by atoms with Crippen LogP contribution in [0.25, 0.3) is 0 Å². The summed E-state index contributed by atoms with van der Waals surface area (Å²) in [4.78, 5) is 0. The van der Waals surface area contributed by atoms with Gasteiger partial charge in [0.25, 0.3) is 0 Å². The normalized spacial score (nSPS) is 56.5. The summed E-state index contributed by atoms with van der Waals surface area (Å²) in [6, 6.07) is 0. The SMILES string of the molecule is S=[PH+]C12CC3CC(CC(C3)C1)C2. The number of rotatable bonds is 1. The van der Waals surface area contributed by atoms with Crippen molar-refractivity contribution < 1.29 is 0 Å². The van der Waals surface area contributed by atoms with E-state index in [9.17, 15) is 0 Å². The predicted octanol–water partition coefficient (Wildman–Crippen LogP) is 3.10. The summed E-state index contributed by atoms with van der Waals surface area (Å²) < 4.78 is 0. The first-order valence-electron chi connectivity index (χ1n) is 5.19. The van der Waals surface area contributed by atoms with Crippen LogP contribution in [0.1, 0.15) is 38.5 Å². The molecule has 0 radical (unpaired) electrons. The van der Waals surface area contributed by atoms with Crippen LogP contribution < -0.4 is 0 Å². The van der Waals surface area contributed by atoms with E-state index >= 15 is 0 Å². The highest BCUT2D eigenvalue weighted by atomic mass is 32.4. The molecule has 0 saturated heterocycles. The quantitative estimate of drug-likeness (QED) is 0.585. The Kier molecular flexibility index (Phi) is 1.65.